The third kappa shape index (κ3) is 4.91. The molecule has 94 valence electrons. The van der Waals surface area contributed by atoms with Crippen molar-refractivity contribution in [1.82, 2.24) is 15.3 Å². The molecular formula is C12H20N4O. The molecule has 1 amide bonds. The van der Waals surface area contributed by atoms with Gasteiger partial charge in [0.1, 0.15) is 5.82 Å². The molecule has 0 aromatic carbocycles. The summed E-state index contributed by atoms with van der Waals surface area (Å²) < 4.78 is 0. The van der Waals surface area contributed by atoms with Crippen LogP contribution < -0.4 is 11.1 Å². The van der Waals surface area contributed by atoms with E-state index in [9.17, 15) is 4.79 Å². The first-order chi connectivity index (χ1) is 7.99. The highest BCUT2D eigenvalue weighted by Crippen LogP contribution is 2.02. The number of amides is 1. The minimum absolute atomic E-state index is 0.0394. The topological polar surface area (TPSA) is 80.9 Å². The van der Waals surface area contributed by atoms with E-state index in [0.29, 0.717) is 24.7 Å². The van der Waals surface area contributed by atoms with Crippen molar-refractivity contribution in [3.8, 4) is 0 Å². The van der Waals surface area contributed by atoms with Gasteiger partial charge in [0.25, 0.3) is 0 Å². The van der Waals surface area contributed by atoms with Crippen LogP contribution in [0.5, 0.6) is 0 Å². The first-order valence-corrected chi connectivity index (χ1v) is 5.80. The zero-order valence-electron chi connectivity index (χ0n) is 10.6. The molecule has 0 aliphatic carbocycles. The summed E-state index contributed by atoms with van der Waals surface area (Å²) in [5.41, 5.74) is 6.63. The summed E-state index contributed by atoms with van der Waals surface area (Å²) in [6.45, 7) is 6.25. The second-order valence-electron chi connectivity index (χ2n) is 4.48. The van der Waals surface area contributed by atoms with Gasteiger partial charge in [0.2, 0.25) is 5.91 Å². The molecule has 0 bridgehead atoms. The van der Waals surface area contributed by atoms with E-state index in [2.05, 4.69) is 15.3 Å². The SMILES string of the molecule is Cc1nccc(CNC(=O)CC(N)C(C)C)n1. The number of hydrogen-bond acceptors (Lipinski definition) is 4. The van der Waals surface area contributed by atoms with Crippen LogP contribution >= 0.6 is 0 Å². The fourth-order valence-corrected chi connectivity index (χ4v) is 1.31. The minimum atomic E-state index is -0.0952. The first-order valence-electron chi connectivity index (χ1n) is 5.80. The number of carbonyl (C=O) groups is 1. The van der Waals surface area contributed by atoms with E-state index in [1.165, 1.54) is 0 Å². The number of hydrogen-bond donors (Lipinski definition) is 2. The average molecular weight is 236 g/mol. The van der Waals surface area contributed by atoms with Crippen LogP contribution in [0.15, 0.2) is 12.3 Å². The van der Waals surface area contributed by atoms with Crippen LogP contribution in [0, 0.1) is 12.8 Å². The molecule has 0 saturated carbocycles. The van der Waals surface area contributed by atoms with E-state index in [1.807, 2.05) is 20.8 Å². The number of carbonyl (C=O) groups excluding carboxylic acids is 1. The molecule has 0 aliphatic rings. The van der Waals surface area contributed by atoms with Crippen molar-refractivity contribution in [2.45, 2.75) is 39.8 Å². The molecule has 5 nitrogen and oxygen atoms in total. The van der Waals surface area contributed by atoms with Gasteiger partial charge in [-0.3, -0.25) is 4.79 Å². The second-order valence-corrected chi connectivity index (χ2v) is 4.48. The molecule has 1 atom stereocenters. The molecule has 1 heterocycles. The lowest BCUT2D eigenvalue weighted by Gasteiger charge is -2.14. The van der Waals surface area contributed by atoms with Crippen LogP contribution in [0.2, 0.25) is 0 Å². The summed E-state index contributed by atoms with van der Waals surface area (Å²) in [5.74, 6) is 0.972. The van der Waals surface area contributed by atoms with Gasteiger partial charge in [-0.25, -0.2) is 9.97 Å². The molecule has 1 aromatic heterocycles. The Kier molecular flexibility index (Phi) is 5.03. The number of nitrogens with one attached hydrogen (secondary N) is 1. The average Bonchev–Trinajstić information content (AvgIpc) is 2.26. The van der Waals surface area contributed by atoms with Crippen molar-refractivity contribution in [2.75, 3.05) is 0 Å². The lowest BCUT2D eigenvalue weighted by molar-refractivity contribution is -0.121. The summed E-state index contributed by atoms with van der Waals surface area (Å²) in [6, 6.07) is 1.69. The van der Waals surface area contributed by atoms with Crippen LogP contribution in [-0.2, 0) is 11.3 Å². The maximum Gasteiger partial charge on any atom is 0.221 e. The lowest BCUT2D eigenvalue weighted by Crippen LogP contribution is -2.34. The number of rotatable bonds is 5. The number of aromatic nitrogens is 2. The van der Waals surface area contributed by atoms with Gasteiger partial charge in [0, 0.05) is 18.7 Å². The third-order valence-corrected chi connectivity index (χ3v) is 2.58. The molecule has 1 aromatic rings. The minimum Gasteiger partial charge on any atom is -0.350 e. The van der Waals surface area contributed by atoms with Crippen molar-refractivity contribution in [1.29, 1.82) is 0 Å². The molecule has 3 N–H and O–H groups in total. The highest BCUT2D eigenvalue weighted by molar-refractivity contribution is 5.76. The van der Waals surface area contributed by atoms with Crippen LogP contribution in [0.3, 0.4) is 0 Å². The number of nitrogens with zero attached hydrogens (tertiary/aromatic N) is 2. The number of nitrogens with two attached hydrogens (primary N) is 1. The van der Waals surface area contributed by atoms with E-state index in [0.717, 1.165) is 5.69 Å². The Morgan fingerprint density at radius 1 is 1.53 bits per heavy atom. The Morgan fingerprint density at radius 2 is 2.24 bits per heavy atom. The van der Waals surface area contributed by atoms with Crippen LogP contribution in [-0.4, -0.2) is 21.9 Å². The zero-order valence-corrected chi connectivity index (χ0v) is 10.6. The molecule has 17 heavy (non-hydrogen) atoms. The van der Waals surface area contributed by atoms with Crippen LogP contribution in [0.1, 0.15) is 31.8 Å². The van der Waals surface area contributed by atoms with E-state index >= 15 is 0 Å². The van der Waals surface area contributed by atoms with Gasteiger partial charge in [0.15, 0.2) is 0 Å². The predicted octanol–water partition coefficient (Wildman–Crippen LogP) is 0.775. The Balaban J connectivity index is 2.38. The molecule has 5 heteroatoms. The Morgan fingerprint density at radius 3 is 2.82 bits per heavy atom. The standard InChI is InChI=1S/C12H20N4O/c1-8(2)11(13)6-12(17)15-7-10-4-5-14-9(3)16-10/h4-5,8,11H,6-7,13H2,1-3H3,(H,15,17). The number of aryl methyl sites for hydroxylation is 1. The van der Waals surface area contributed by atoms with E-state index in [4.69, 9.17) is 5.73 Å². The first kappa shape index (κ1) is 13.6. The quantitative estimate of drug-likeness (QED) is 0.791. The highest BCUT2D eigenvalue weighted by atomic mass is 16.1. The fraction of sp³-hybridized carbons (Fsp3) is 0.583. The maximum atomic E-state index is 11.6. The van der Waals surface area contributed by atoms with E-state index in [1.54, 1.807) is 12.3 Å². The molecule has 0 aliphatic heterocycles. The van der Waals surface area contributed by atoms with Gasteiger partial charge in [-0.05, 0) is 18.9 Å². The van der Waals surface area contributed by atoms with Crippen LogP contribution in [0.4, 0.5) is 0 Å². The van der Waals surface area contributed by atoms with Crippen LogP contribution in [0.25, 0.3) is 0 Å². The van der Waals surface area contributed by atoms with Crippen molar-refractivity contribution < 1.29 is 4.79 Å². The fourth-order valence-electron chi connectivity index (χ4n) is 1.31. The summed E-state index contributed by atoms with van der Waals surface area (Å²) in [5, 5.41) is 2.80. The lowest BCUT2D eigenvalue weighted by atomic mass is 10.0. The normalized spacial score (nSPS) is 12.5. The summed E-state index contributed by atoms with van der Waals surface area (Å²) in [7, 11) is 0. The Bertz CT molecular complexity index is 379. The molecule has 1 unspecified atom stereocenters. The van der Waals surface area contributed by atoms with Gasteiger partial charge in [-0.2, -0.15) is 0 Å². The summed E-state index contributed by atoms with van der Waals surface area (Å²) >= 11 is 0. The van der Waals surface area contributed by atoms with Crippen molar-refractivity contribution in [2.24, 2.45) is 11.7 Å². The van der Waals surface area contributed by atoms with Gasteiger partial charge in [-0.1, -0.05) is 13.8 Å². The highest BCUT2D eigenvalue weighted by Gasteiger charge is 2.12. The predicted molar refractivity (Wildman–Crippen MR) is 66.0 cm³/mol. The van der Waals surface area contributed by atoms with Gasteiger partial charge in [0.05, 0.1) is 12.2 Å². The smallest absolute Gasteiger partial charge is 0.221 e. The summed E-state index contributed by atoms with van der Waals surface area (Å²) in [4.78, 5) is 19.8. The molecule has 0 fully saturated rings. The van der Waals surface area contributed by atoms with Crippen molar-refractivity contribution in [3.63, 3.8) is 0 Å². The molecular weight excluding hydrogens is 216 g/mol. The van der Waals surface area contributed by atoms with Gasteiger partial charge >= 0.3 is 0 Å². The van der Waals surface area contributed by atoms with Crippen molar-refractivity contribution >= 4 is 5.91 Å². The second kappa shape index (κ2) is 6.30. The van der Waals surface area contributed by atoms with E-state index in [-0.39, 0.29) is 11.9 Å². The molecule has 0 spiro atoms. The third-order valence-electron chi connectivity index (χ3n) is 2.58. The zero-order chi connectivity index (χ0) is 12.8. The maximum absolute atomic E-state index is 11.6. The Hall–Kier alpha value is -1.49. The van der Waals surface area contributed by atoms with Gasteiger partial charge < -0.3 is 11.1 Å². The van der Waals surface area contributed by atoms with Gasteiger partial charge in [-0.15, -0.1) is 0 Å². The molecule has 0 radical (unpaired) electrons. The Labute approximate surface area is 102 Å². The van der Waals surface area contributed by atoms with Crippen molar-refractivity contribution in [3.05, 3.63) is 23.8 Å². The monoisotopic (exact) mass is 236 g/mol. The summed E-state index contributed by atoms with van der Waals surface area (Å²) in [6.07, 6.45) is 2.03. The molecule has 0 saturated heterocycles. The largest absolute Gasteiger partial charge is 0.350 e. The van der Waals surface area contributed by atoms with E-state index < -0.39 is 0 Å². The molecule has 1 rings (SSSR count).